The number of nitro benzene ring substituents is 1. The van der Waals surface area contributed by atoms with Crippen molar-refractivity contribution in [3.05, 3.63) is 46.0 Å². The third kappa shape index (κ3) is 2.69. The summed E-state index contributed by atoms with van der Waals surface area (Å²) in [6.45, 7) is 4.04. The Morgan fingerprint density at radius 3 is 2.70 bits per heavy atom. The molecule has 0 spiro atoms. The van der Waals surface area contributed by atoms with Gasteiger partial charge in [-0.25, -0.2) is 4.98 Å². The zero-order valence-corrected chi connectivity index (χ0v) is 15.1. The summed E-state index contributed by atoms with van der Waals surface area (Å²) in [6.07, 6.45) is 0. The van der Waals surface area contributed by atoms with Gasteiger partial charge in [0.15, 0.2) is 0 Å². The second-order valence-corrected chi connectivity index (χ2v) is 6.89. The standard InChI is InChI=1S/C19H18N4O4/c1-9(2)17-12-7-14-15(8-13(12)22-19(17)24)21-18(20-14)11-5-4-10(23(25)26)6-16(11)27-3/h4-9,17H,1-3H3,(H,20,21)(H,22,24). The van der Waals surface area contributed by atoms with E-state index >= 15 is 0 Å². The predicted octanol–water partition coefficient (Wildman–Crippen LogP) is 3.84. The third-order valence-corrected chi connectivity index (χ3v) is 4.85. The van der Waals surface area contributed by atoms with E-state index in [4.69, 9.17) is 4.74 Å². The minimum absolute atomic E-state index is 0.00455. The van der Waals surface area contributed by atoms with Gasteiger partial charge in [-0.3, -0.25) is 14.9 Å². The summed E-state index contributed by atoms with van der Waals surface area (Å²) in [6, 6.07) is 8.20. The Labute approximate surface area is 154 Å². The highest BCUT2D eigenvalue weighted by Crippen LogP contribution is 2.40. The number of fused-ring (bicyclic) bond motifs is 2. The van der Waals surface area contributed by atoms with Gasteiger partial charge < -0.3 is 15.0 Å². The minimum atomic E-state index is -0.468. The van der Waals surface area contributed by atoms with Gasteiger partial charge in [0.1, 0.15) is 11.6 Å². The number of nitrogens with one attached hydrogen (secondary N) is 2. The van der Waals surface area contributed by atoms with E-state index in [2.05, 4.69) is 15.3 Å². The second kappa shape index (κ2) is 6.08. The molecule has 1 amide bonds. The highest BCUT2D eigenvalue weighted by Gasteiger charge is 2.33. The van der Waals surface area contributed by atoms with Gasteiger partial charge in [-0.05, 0) is 29.7 Å². The number of non-ortho nitro benzene ring substituents is 1. The van der Waals surface area contributed by atoms with Crippen molar-refractivity contribution in [1.82, 2.24) is 9.97 Å². The first-order valence-electron chi connectivity index (χ1n) is 8.56. The molecule has 1 unspecified atom stereocenters. The zero-order chi connectivity index (χ0) is 19.3. The van der Waals surface area contributed by atoms with Gasteiger partial charge in [-0.2, -0.15) is 0 Å². The number of aromatic nitrogens is 2. The maximum absolute atomic E-state index is 12.2. The number of H-pyrrole nitrogens is 1. The molecule has 8 nitrogen and oxygen atoms in total. The van der Waals surface area contributed by atoms with Crippen LogP contribution in [-0.4, -0.2) is 27.9 Å². The SMILES string of the molecule is COc1cc([N+](=O)[O-])ccc1-c1nc2cc3c(cc2[nH]1)C(C(C)C)C(=O)N3. The molecule has 0 aliphatic carbocycles. The Morgan fingerprint density at radius 1 is 1.26 bits per heavy atom. The summed E-state index contributed by atoms with van der Waals surface area (Å²) in [5.74, 6) is 0.910. The molecule has 0 bridgehead atoms. The number of methoxy groups -OCH3 is 1. The third-order valence-electron chi connectivity index (χ3n) is 4.85. The maximum atomic E-state index is 12.2. The van der Waals surface area contributed by atoms with Gasteiger partial charge in [0, 0.05) is 11.8 Å². The number of anilines is 1. The molecule has 1 atom stereocenters. The van der Waals surface area contributed by atoms with Crippen LogP contribution in [0.15, 0.2) is 30.3 Å². The number of ether oxygens (including phenoxy) is 1. The van der Waals surface area contributed by atoms with E-state index in [0.29, 0.717) is 22.7 Å². The highest BCUT2D eigenvalue weighted by molar-refractivity contribution is 6.05. The summed E-state index contributed by atoms with van der Waals surface area (Å²) >= 11 is 0. The number of imidazole rings is 1. The van der Waals surface area contributed by atoms with Crippen LogP contribution in [0.2, 0.25) is 0 Å². The summed E-state index contributed by atoms with van der Waals surface area (Å²) in [4.78, 5) is 30.5. The number of hydrogen-bond acceptors (Lipinski definition) is 5. The van der Waals surface area contributed by atoms with Crippen molar-refractivity contribution >= 4 is 28.3 Å². The van der Waals surface area contributed by atoms with Gasteiger partial charge in [0.2, 0.25) is 5.91 Å². The Morgan fingerprint density at radius 2 is 2.04 bits per heavy atom. The number of carbonyl (C=O) groups excluding carboxylic acids is 1. The Hall–Kier alpha value is -3.42. The van der Waals surface area contributed by atoms with E-state index in [-0.39, 0.29) is 23.4 Å². The van der Waals surface area contributed by atoms with Crippen LogP contribution in [-0.2, 0) is 4.79 Å². The Balaban J connectivity index is 1.82. The number of amides is 1. The number of benzene rings is 2. The van der Waals surface area contributed by atoms with Gasteiger partial charge in [0.25, 0.3) is 5.69 Å². The van der Waals surface area contributed by atoms with E-state index in [0.717, 1.165) is 16.8 Å². The van der Waals surface area contributed by atoms with Gasteiger partial charge >= 0.3 is 0 Å². The van der Waals surface area contributed by atoms with Crippen molar-refractivity contribution in [2.75, 3.05) is 12.4 Å². The predicted molar refractivity (Wildman–Crippen MR) is 101 cm³/mol. The van der Waals surface area contributed by atoms with Crippen LogP contribution in [0, 0.1) is 16.0 Å². The van der Waals surface area contributed by atoms with Gasteiger partial charge in [0.05, 0.1) is 40.6 Å². The molecule has 27 heavy (non-hydrogen) atoms. The van der Waals surface area contributed by atoms with E-state index in [1.54, 1.807) is 6.07 Å². The molecule has 0 fully saturated rings. The van der Waals surface area contributed by atoms with Crippen LogP contribution in [0.1, 0.15) is 25.3 Å². The van der Waals surface area contributed by atoms with Crippen LogP contribution in [0.25, 0.3) is 22.4 Å². The number of rotatable bonds is 4. The molecule has 138 valence electrons. The molecule has 1 aliphatic heterocycles. The molecular weight excluding hydrogens is 348 g/mol. The Bertz CT molecular complexity index is 1090. The lowest BCUT2D eigenvalue weighted by atomic mass is 9.89. The van der Waals surface area contributed by atoms with Crippen molar-refractivity contribution in [3.8, 4) is 17.1 Å². The molecule has 3 aromatic rings. The molecule has 8 heteroatoms. The average Bonchev–Trinajstić information content (AvgIpc) is 3.17. The number of aromatic amines is 1. The minimum Gasteiger partial charge on any atom is -0.496 e. The first kappa shape index (κ1) is 17.0. The van der Waals surface area contributed by atoms with Gasteiger partial charge in [-0.15, -0.1) is 0 Å². The Kier molecular flexibility index (Phi) is 3.83. The molecule has 1 aliphatic rings. The van der Waals surface area contributed by atoms with E-state index < -0.39 is 4.92 Å². The van der Waals surface area contributed by atoms with Crippen molar-refractivity contribution in [2.45, 2.75) is 19.8 Å². The smallest absolute Gasteiger partial charge is 0.273 e. The normalized spacial score (nSPS) is 15.9. The largest absolute Gasteiger partial charge is 0.496 e. The highest BCUT2D eigenvalue weighted by atomic mass is 16.6. The maximum Gasteiger partial charge on any atom is 0.273 e. The fourth-order valence-corrected chi connectivity index (χ4v) is 3.57. The van der Waals surface area contributed by atoms with Gasteiger partial charge in [-0.1, -0.05) is 13.8 Å². The fourth-order valence-electron chi connectivity index (χ4n) is 3.57. The van der Waals surface area contributed by atoms with Crippen LogP contribution >= 0.6 is 0 Å². The molecule has 0 radical (unpaired) electrons. The lowest BCUT2D eigenvalue weighted by Crippen LogP contribution is -2.16. The molecule has 2 aromatic carbocycles. The lowest BCUT2D eigenvalue weighted by molar-refractivity contribution is -0.384. The summed E-state index contributed by atoms with van der Waals surface area (Å²) in [7, 11) is 1.46. The van der Waals surface area contributed by atoms with Crippen LogP contribution < -0.4 is 10.1 Å². The second-order valence-electron chi connectivity index (χ2n) is 6.89. The molecular formula is C19H18N4O4. The number of nitro groups is 1. The molecule has 2 N–H and O–H groups in total. The van der Waals surface area contributed by atoms with Crippen molar-refractivity contribution in [3.63, 3.8) is 0 Å². The summed E-state index contributed by atoms with van der Waals surface area (Å²) in [5, 5.41) is 13.9. The topological polar surface area (TPSA) is 110 Å². The van der Waals surface area contributed by atoms with Crippen LogP contribution in [0.3, 0.4) is 0 Å². The molecule has 4 rings (SSSR count). The first-order valence-corrected chi connectivity index (χ1v) is 8.56. The van der Waals surface area contributed by atoms with Crippen LogP contribution in [0.4, 0.5) is 11.4 Å². The van der Waals surface area contributed by atoms with Crippen LogP contribution in [0.5, 0.6) is 5.75 Å². The van der Waals surface area contributed by atoms with Crippen molar-refractivity contribution in [2.24, 2.45) is 5.92 Å². The summed E-state index contributed by atoms with van der Waals surface area (Å²) in [5.41, 5.74) is 3.81. The quantitative estimate of drug-likeness (QED) is 0.538. The number of carbonyl (C=O) groups is 1. The molecule has 2 heterocycles. The lowest BCUT2D eigenvalue weighted by Gasteiger charge is -2.12. The zero-order valence-electron chi connectivity index (χ0n) is 15.1. The van der Waals surface area contributed by atoms with E-state index in [1.165, 1.54) is 19.2 Å². The van der Waals surface area contributed by atoms with Crippen molar-refractivity contribution < 1.29 is 14.5 Å². The monoisotopic (exact) mass is 366 g/mol. The molecule has 1 aromatic heterocycles. The van der Waals surface area contributed by atoms with E-state index in [9.17, 15) is 14.9 Å². The summed E-state index contributed by atoms with van der Waals surface area (Å²) < 4.78 is 5.31. The molecule has 0 saturated carbocycles. The fraction of sp³-hybridized carbons (Fsp3) is 0.263. The first-order chi connectivity index (χ1) is 12.9. The van der Waals surface area contributed by atoms with E-state index in [1.807, 2.05) is 26.0 Å². The number of hydrogen-bond donors (Lipinski definition) is 2. The number of nitrogens with zero attached hydrogens (tertiary/aromatic N) is 2. The average molecular weight is 366 g/mol. The van der Waals surface area contributed by atoms with Crippen molar-refractivity contribution in [1.29, 1.82) is 0 Å². The molecule has 0 saturated heterocycles.